The van der Waals surface area contributed by atoms with E-state index in [4.69, 9.17) is 11.6 Å². The van der Waals surface area contributed by atoms with Gasteiger partial charge in [-0.05, 0) is 108 Å². The minimum absolute atomic E-state index is 0.00137. The zero-order valence-electron chi connectivity index (χ0n) is 57.7. The topological polar surface area (TPSA) is 367 Å². The van der Waals surface area contributed by atoms with Crippen molar-refractivity contribution in [3.8, 4) is 34.6 Å². The Labute approximate surface area is 610 Å². The van der Waals surface area contributed by atoms with Gasteiger partial charge in [0.1, 0.15) is 69.8 Å². The summed E-state index contributed by atoms with van der Waals surface area (Å²) in [5.74, 6) is -4.42. The third-order valence-corrected chi connectivity index (χ3v) is 19.2. The number of alkyl halides is 11. The van der Waals surface area contributed by atoms with Crippen LogP contribution in [0.2, 0.25) is 5.02 Å². The van der Waals surface area contributed by atoms with E-state index in [1.165, 1.54) is 82.3 Å². The van der Waals surface area contributed by atoms with Crippen LogP contribution >= 0.6 is 11.6 Å². The molecule has 3 atom stereocenters. The van der Waals surface area contributed by atoms with Crippen LogP contribution in [0.25, 0.3) is 51.5 Å². The van der Waals surface area contributed by atoms with E-state index in [-0.39, 0.29) is 136 Å². The molecule has 0 saturated heterocycles. The monoisotopic (exact) mass is 1530 g/mol. The van der Waals surface area contributed by atoms with E-state index in [1.54, 1.807) is 57.3 Å². The minimum atomic E-state index is -4.32. The summed E-state index contributed by atoms with van der Waals surface area (Å²) in [6.07, 6.45) is -6.84. The molecule has 12 aromatic rings. The van der Waals surface area contributed by atoms with Crippen molar-refractivity contribution in [2.45, 2.75) is 140 Å². The van der Waals surface area contributed by atoms with Crippen LogP contribution in [-0.4, -0.2) is 130 Å². The average molecular weight is 1540 g/mol. The first kappa shape index (κ1) is 75.1. The molecule has 3 aliphatic rings. The molecular weight excluding hydrogens is 1480 g/mol. The smallest absolute Gasteiger partial charge is 0.309 e. The van der Waals surface area contributed by atoms with Crippen LogP contribution in [-0.2, 0) is 55.8 Å². The Kier molecular flexibility index (Phi) is 19.2. The summed E-state index contributed by atoms with van der Waals surface area (Å²) in [4.78, 5) is 130. The predicted molar refractivity (Wildman–Crippen MR) is 367 cm³/mol. The van der Waals surface area contributed by atoms with Gasteiger partial charge in [0.25, 0.3) is 22.6 Å². The summed E-state index contributed by atoms with van der Waals surface area (Å²) in [6.45, 7) is 9.13. The molecule has 0 saturated carbocycles. The molecule has 0 aliphatic carbocycles. The Bertz CT molecular complexity index is 5820. The normalized spacial score (nSPS) is 17.5. The van der Waals surface area contributed by atoms with Gasteiger partial charge in [0.15, 0.2) is 34.4 Å². The zero-order chi connectivity index (χ0) is 78.2. The third-order valence-electron chi connectivity index (χ3n) is 18.8. The molecule has 0 bridgehead atoms. The molecule has 13 heterocycles. The summed E-state index contributed by atoms with van der Waals surface area (Å²) in [7, 11) is 0. The SMILES string of the molecule is CC(F)(F)c1ccc(C2(C)C(=O)Nc3nc(-c4cn5ncnc5c(CCCC(F)(F)F)n4)[nH]c(=O)c32)cc1.Cc1cc(C2(C)C(=O)Nc3nc(-c4cn5ncnc5c(CCCC(F)(F)F)n4)[nH]c(=O)c32)ccc1Cl.Cc1ccc(C2(C)C(=O)Nc3nc(-c4cn5ncnc5c(CCCC(F)(F)F)n4)[nH]c(=O)c32)nc1. The van der Waals surface area contributed by atoms with E-state index < -0.39 is 94.4 Å². The van der Waals surface area contributed by atoms with Crippen molar-refractivity contribution in [1.29, 1.82) is 0 Å². The van der Waals surface area contributed by atoms with E-state index in [9.17, 15) is 77.1 Å². The molecule has 109 heavy (non-hydrogen) atoms. The van der Waals surface area contributed by atoms with Crippen LogP contribution in [0.3, 0.4) is 0 Å². The van der Waals surface area contributed by atoms with Gasteiger partial charge in [-0.25, -0.2) is 67.2 Å². The van der Waals surface area contributed by atoms with Crippen LogP contribution in [0, 0.1) is 13.8 Å². The molecule has 3 amide bonds. The second-order valence-electron chi connectivity index (χ2n) is 26.5. The number of rotatable bonds is 16. The first-order chi connectivity index (χ1) is 51.3. The van der Waals surface area contributed by atoms with Crippen molar-refractivity contribution >= 4 is 63.7 Å². The number of amides is 3. The van der Waals surface area contributed by atoms with E-state index >= 15 is 0 Å². The van der Waals surface area contributed by atoms with Gasteiger partial charge >= 0.3 is 18.5 Å². The molecule has 0 radical (unpaired) electrons. The number of hydrogen-bond acceptors (Lipinski definition) is 19. The number of benzene rings is 2. The average Bonchev–Trinajstić information content (AvgIpc) is 1.60. The fraction of sp³-hybridized carbons (Fsp3) is 0.319. The highest BCUT2D eigenvalue weighted by molar-refractivity contribution is 6.31. The van der Waals surface area contributed by atoms with E-state index in [1.807, 2.05) is 6.92 Å². The highest BCUT2D eigenvalue weighted by Crippen LogP contribution is 2.44. The number of pyridine rings is 1. The van der Waals surface area contributed by atoms with Crippen molar-refractivity contribution in [2.75, 3.05) is 16.0 Å². The number of aromatic nitrogens is 19. The summed E-state index contributed by atoms with van der Waals surface area (Å²) in [6, 6.07) is 13.7. The summed E-state index contributed by atoms with van der Waals surface area (Å²) in [5.41, 5.74) is -0.891. The van der Waals surface area contributed by atoms with Gasteiger partial charge in [0.05, 0.1) is 58.1 Å². The number of carbonyl (C=O) groups is 3. The highest BCUT2D eigenvalue weighted by atomic mass is 35.5. The van der Waals surface area contributed by atoms with Gasteiger partial charge in [0.2, 0.25) is 17.7 Å². The van der Waals surface area contributed by atoms with Gasteiger partial charge in [0, 0.05) is 43.0 Å². The predicted octanol–water partition coefficient (Wildman–Crippen LogP) is 10.8. The van der Waals surface area contributed by atoms with Gasteiger partial charge in [-0.15, -0.1) is 0 Å². The number of nitrogens with zero attached hydrogens (tertiary/aromatic N) is 16. The number of hydrogen-bond donors (Lipinski definition) is 6. The van der Waals surface area contributed by atoms with Crippen molar-refractivity contribution in [3.63, 3.8) is 0 Å². The van der Waals surface area contributed by atoms with E-state index in [0.29, 0.717) is 33.1 Å². The molecule has 3 aliphatic heterocycles. The van der Waals surface area contributed by atoms with Crippen molar-refractivity contribution in [3.05, 3.63) is 202 Å². The van der Waals surface area contributed by atoms with E-state index in [0.717, 1.165) is 18.1 Å². The largest absolute Gasteiger partial charge is 0.389 e. The van der Waals surface area contributed by atoms with Gasteiger partial charge in [-0.1, -0.05) is 54.1 Å². The molecule has 2 aromatic carbocycles. The van der Waals surface area contributed by atoms with Crippen LogP contribution in [0.4, 0.5) is 65.7 Å². The quantitative estimate of drug-likeness (QED) is 0.0489. The Morgan fingerprint density at radius 1 is 0.450 bits per heavy atom. The molecule has 40 heteroatoms. The number of fused-ring (bicyclic) bond motifs is 6. The van der Waals surface area contributed by atoms with Crippen LogP contribution < -0.4 is 32.6 Å². The number of anilines is 3. The maximum atomic E-state index is 13.7. The highest BCUT2D eigenvalue weighted by Gasteiger charge is 2.51. The van der Waals surface area contributed by atoms with Crippen molar-refractivity contribution < 1.29 is 62.7 Å². The Morgan fingerprint density at radius 3 is 1.16 bits per heavy atom. The number of carbonyl (C=O) groups excluding carboxylic acids is 3. The first-order valence-corrected chi connectivity index (χ1v) is 33.5. The molecule has 3 unspecified atom stereocenters. The maximum absolute atomic E-state index is 13.7. The van der Waals surface area contributed by atoms with Crippen LogP contribution in [0.1, 0.15) is 134 Å². The molecule has 564 valence electrons. The minimum Gasteiger partial charge on any atom is -0.309 e. The van der Waals surface area contributed by atoms with Crippen LogP contribution in [0.15, 0.2) is 113 Å². The molecule has 0 fully saturated rings. The van der Waals surface area contributed by atoms with Gasteiger partial charge in [-0.3, -0.25) is 33.8 Å². The molecule has 0 spiro atoms. The number of aryl methyl sites for hydroxylation is 5. The van der Waals surface area contributed by atoms with Gasteiger partial charge < -0.3 is 30.9 Å². The Morgan fingerprint density at radius 2 is 0.807 bits per heavy atom. The van der Waals surface area contributed by atoms with Gasteiger partial charge in [-0.2, -0.15) is 54.8 Å². The number of aromatic amines is 3. The molecule has 15 rings (SSSR count). The lowest BCUT2D eigenvalue weighted by Gasteiger charge is -2.22. The number of halogens is 12. The van der Waals surface area contributed by atoms with E-state index in [2.05, 4.69) is 96.0 Å². The molecule has 10 aromatic heterocycles. The van der Waals surface area contributed by atoms with Crippen LogP contribution in [0.5, 0.6) is 0 Å². The molecular formula is C69H58ClF11N22O6. The number of H-pyrrole nitrogens is 3. The Balaban J connectivity index is 0.000000144. The molecule has 6 N–H and O–H groups in total. The summed E-state index contributed by atoms with van der Waals surface area (Å²) < 4.78 is 145. The zero-order valence-corrected chi connectivity index (χ0v) is 58.5. The fourth-order valence-electron chi connectivity index (χ4n) is 13.0. The molecule has 28 nitrogen and oxygen atoms in total. The second kappa shape index (κ2) is 27.9. The lowest BCUT2D eigenvalue weighted by atomic mass is 9.77. The lowest BCUT2D eigenvalue weighted by molar-refractivity contribution is -0.136. The first-order valence-electron chi connectivity index (χ1n) is 33.2. The standard InChI is InChI=1S/C24H20F5N7O2.C23H19ClF3N7O2.C22H19F3N8O2/c1-22(12-5-7-13(8-6-12)23(2,25)26)16-18(35-21(22)38)33-17(34-20(16)37)15-10-36-19(30-11-31-36)14(32-15)4-3-9-24(27,28)29;1-11-8-12(5-6-13(11)24)22(2)16-18(33-21(22)36)31-17(32-20(16)35)15-9-34-19(28-10-29-34)14(30-15)4-3-7-23(25,26)27;1-11-5-6-14(26-8-11)21(2)15-17(32-20(21)35)30-16(31-19(15)34)13-9-33-18(27-10-28-33)12(29-13)4-3-7-22(23,24)25/h5-8,10-11H,3-4,9H2,1-2H3,(H2,33,34,35,37,38);5-6,8-10H,3-4,7H2,1-2H3,(H2,31,32,33,35,36);5-6,8-10H,3-4,7H2,1-2H3,(H2,30,31,32,34,35). The number of nitrogens with one attached hydrogen (secondary N) is 6. The Hall–Kier alpha value is -12.2. The lowest BCUT2D eigenvalue weighted by Crippen LogP contribution is -2.37. The fourth-order valence-corrected chi connectivity index (χ4v) is 13.1. The summed E-state index contributed by atoms with van der Waals surface area (Å²) in [5, 5.41) is 20.5. The maximum Gasteiger partial charge on any atom is 0.389 e. The second-order valence-corrected chi connectivity index (χ2v) is 26.9. The summed E-state index contributed by atoms with van der Waals surface area (Å²) >= 11 is 6.13. The third kappa shape index (κ3) is 14.7. The van der Waals surface area contributed by atoms with Crippen molar-refractivity contribution in [2.24, 2.45) is 0 Å². The van der Waals surface area contributed by atoms with Crippen molar-refractivity contribution in [1.82, 2.24) is 93.6 Å².